The van der Waals surface area contributed by atoms with Crippen molar-refractivity contribution >= 4 is 5.69 Å². The maximum absolute atomic E-state index is 13.7. The molecule has 1 saturated heterocycles. The Kier molecular flexibility index (Phi) is 4.11. The van der Waals surface area contributed by atoms with Crippen LogP contribution in [0.5, 0.6) is 0 Å². The molecule has 1 aromatic rings. The minimum absolute atomic E-state index is 0.0994. The maximum Gasteiger partial charge on any atom is 0.126 e. The Balaban J connectivity index is 2.46. The second-order valence-corrected chi connectivity index (χ2v) is 5.66. The molecular formula is C15H23FN2O. The van der Waals surface area contributed by atoms with Crippen LogP contribution in [0.2, 0.25) is 0 Å². The number of aliphatic hydroxyl groups excluding tert-OH is 1. The van der Waals surface area contributed by atoms with Crippen LogP contribution in [0.3, 0.4) is 0 Å². The van der Waals surface area contributed by atoms with Crippen LogP contribution in [0.15, 0.2) is 12.1 Å². The van der Waals surface area contributed by atoms with Gasteiger partial charge in [-0.3, -0.25) is 0 Å². The molecule has 2 unspecified atom stereocenters. The van der Waals surface area contributed by atoms with E-state index in [1.165, 1.54) is 6.07 Å². The van der Waals surface area contributed by atoms with Crippen LogP contribution in [0.4, 0.5) is 10.1 Å². The lowest BCUT2D eigenvalue weighted by molar-refractivity contribution is 0.244. The monoisotopic (exact) mass is 266 g/mol. The van der Waals surface area contributed by atoms with Gasteiger partial charge in [-0.15, -0.1) is 0 Å². The van der Waals surface area contributed by atoms with E-state index in [0.717, 1.165) is 24.2 Å². The molecule has 1 heterocycles. The van der Waals surface area contributed by atoms with E-state index in [9.17, 15) is 9.50 Å². The Morgan fingerprint density at radius 3 is 2.79 bits per heavy atom. The van der Waals surface area contributed by atoms with E-state index in [0.29, 0.717) is 11.5 Å². The first-order valence-electron chi connectivity index (χ1n) is 6.88. The Morgan fingerprint density at radius 1 is 1.53 bits per heavy atom. The van der Waals surface area contributed by atoms with E-state index < -0.39 is 0 Å². The van der Waals surface area contributed by atoms with Gasteiger partial charge < -0.3 is 15.7 Å². The molecule has 3 nitrogen and oxygen atoms in total. The standard InChI is InChI=1S/C15H23FN2O/c1-9-4-5-18(15(9)8-19)14-6-10(2)13(16)7-12(14)11(3)17/h6-7,9,11,15,19H,4-5,8,17H2,1-3H3/t9?,11-,15?/m0/s1. The van der Waals surface area contributed by atoms with Crippen LogP contribution >= 0.6 is 0 Å². The van der Waals surface area contributed by atoms with Crippen molar-refractivity contribution in [3.05, 3.63) is 29.1 Å². The number of aliphatic hydroxyl groups is 1. The van der Waals surface area contributed by atoms with Crippen LogP contribution < -0.4 is 10.6 Å². The summed E-state index contributed by atoms with van der Waals surface area (Å²) in [6, 6.07) is 3.27. The van der Waals surface area contributed by atoms with Gasteiger partial charge in [-0.05, 0) is 49.4 Å². The van der Waals surface area contributed by atoms with E-state index in [-0.39, 0.29) is 24.5 Å². The summed E-state index contributed by atoms with van der Waals surface area (Å²) in [5.74, 6) is 0.222. The Morgan fingerprint density at radius 2 is 2.21 bits per heavy atom. The predicted molar refractivity (Wildman–Crippen MR) is 75.7 cm³/mol. The largest absolute Gasteiger partial charge is 0.394 e. The molecule has 4 heteroatoms. The number of aryl methyl sites for hydroxylation is 1. The molecule has 19 heavy (non-hydrogen) atoms. The van der Waals surface area contributed by atoms with Gasteiger partial charge >= 0.3 is 0 Å². The van der Waals surface area contributed by atoms with Crippen LogP contribution in [0.1, 0.15) is 37.4 Å². The lowest BCUT2D eigenvalue weighted by atomic mass is 10.0. The lowest BCUT2D eigenvalue weighted by Crippen LogP contribution is -2.36. The molecule has 0 aliphatic carbocycles. The highest BCUT2D eigenvalue weighted by molar-refractivity contribution is 5.58. The first-order chi connectivity index (χ1) is 8.95. The third kappa shape index (κ3) is 2.60. The average molecular weight is 266 g/mol. The van der Waals surface area contributed by atoms with Crippen LogP contribution in [0, 0.1) is 18.7 Å². The van der Waals surface area contributed by atoms with Gasteiger partial charge in [-0.25, -0.2) is 4.39 Å². The molecule has 0 aromatic heterocycles. The summed E-state index contributed by atoms with van der Waals surface area (Å²) in [6.45, 7) is 6.77. The third-order valence-electron chi connectivity index (χ3n) is 4.18. The number of nitrogens with zero attached hydrogens (tertiary/aromatic N) is 1. The van der Waals surface area contributed by atoms with E-state index in [1.807, 2.05) is 13.0 Å². The average Bonchev–Trinajstić information content (AvgIpc) is 2.72. The van der Waals surface area contributed by atoms with Gasteiger partial charge in [0.2, 0.25) is 0 Å². The van der Waals surface area contributed by atoms with E-state index in [2.05, 4.69) is 11.8 Å². The number of halogens is 1. The molecule has 0 radical (unpaired) electrons. The smallest absolute Gasteiger partial charge is 0.126 e. The number of rotatable bonds is 3. The first kappa shape index (κ1) is 14.3. The molecule has 1 aromatic carbocycles. The topological polar surface area (TPSA) is 49.5 Å². The predicted octanol–water partition coefficient (Wildman–Crippen LogP) is 2.36. The molecule has 0 bridgehead atoms. The highest BCUT2D eigenvalue weighted by atomic mass is 19.1. The fourth-order valence-corrected chi connectivity index (χ4v) is 2.88. The second-order valence-electron chi connectivity index (χ2n) is 5.66. The minimum Gasteiger partial charge on any atom is -0.394 e. The van der Waals surface area contributed by atoms with Gasteiger partial charge in [0.25, 0.3) is 0 Å². The summed E-state index contributed by atoms with van der Waals surface area (Å²) in [5.41, 5.74) is 8.37. The molecule has 2 rings (SSSR count). The zero-order valence-corrected chi connectivity index (χ0v) is 11.9. The van der Waals surface area contributed by atoms with Gasteiger partial charge in [-0.1, -0.05) is 6.92 Å². The lowest BCUT2D eigenvalue weighted by Gasteiger charge is -2.30. The molecule has 106 valence electrons. The van der Waals surface area contributed by atoms with Gasteiger partial charge in [-0.2, -0.15) is 0 Å². The van der Waals surface area contributed by atoms with Crippen molar-refractivity contribution in [2.24, 2.45) is 11.7 Å². The molecule has 3 atom stereocenters. The minimum atomic E-state index is -0.222. The summed E-state index contributed by atoms with van der Waals surface area (Å²) in [5, 5.41) is 9.57. The number of nitrogens with two attached hydrogens (primary N) is 1. The van der Waals surface area contributed by atoms with Crippen molar-refractivity contribution in [2.45, 2.75) is 39.3 Å². The molecule has 1 fully saturated rings. The van der Waals surface area contributed by atoms with E-state index in [4.69, 9.17) is 5.73 Å². The maximum atomic E-state index is 13.7. The molecule has 0 amide bonds. The quantitative estimate of drug-likeness (QED) is 0.883. The van der Waals surface area contributed by atoms with Crippen LogP contribution in [0.25, 0.3) is 0 Å². The van der Waals surface area contributed by atoms with E-state index in [1.54, 1.807) is 6.92 Å². The Bertz CT molecular complexity index is 462. The van der Waals surface area contributed by atoms with Crippen molar-refractivity contribution < 1.29 is 9.50 Å². The molecule has 0 saturated carbocycles. The summed E-state index contributed by atoms with van der Waals surface area (Å²) in [7, 11) is 0. The zero-order valence-electron chi connectivity index (χ0n) is 11.9. The molecule has 3 N–H and O–H groups in total. The number of benzene rings is 1. The zero-order chi connectivity index (χ0) is 14.2. The van der Waals surface area contributed by atoms with Crippen molar-refractivity contribution in [3.8, 4) is 0 Å². The van der Waals surface area contributed by atoms with Crippen LogP contribution in [-0.2, 0) is 0 Å². The molecule has 0 spiro atoms. The summed E-state index contributed by atoms with van der Waals surface area (Å²) in [6.07, 6.45) is 1.04. The Labute approximate surface area is 114 Å². The normalized spacial score (nSPS) is 24.8. The van der Waals surface area contributed by atoms with Crippen molar-refractivity contribution in [1.82, 2.24) is 0 Å². The molecular weight excluding hydrogens is 243 g/mol. The third-order valence-corrected chi connectivity index (χ3v) is 4.18. The van der Waals surface area contributed by atoms with Crippen molar-refractivity contribution in [1.29, 1.82) is 0 Å². The number of hydrogen-bond donors (Lipinski definition) is 2. The number of anilines is 1. The number of hydrogen-bond acceptors (Lipinski definition) is 3. The molecule has 1 aliphatic rings. The highest BCUT2D eigenvalue weighted by Gasteiger charge is 2.32. The highest BCUT2D eigenvalue weighted by Crippen LogP contribution is 2.35. The van der Waals surface area contributed by atoms with Gasteiger partial charge in [0, 0.05) is 18.3 Å². The SMILES string of the molecule is Cc1cc(N2CCC(C)C2CO)c([C@H](C)N)cc1F. The van der Waals surface area contributed by atoms with Crippen LogP contribution in [-0.4, -0.2) is 24.3 Å². The second kappa shape index (κ2) is 5.47. The van der Waals surface area contributed by atoms with Gasteiger partial charge in [0.15, 0.2) is 0 Å². The van der Waals surface area contributed by atoms with Gasteiger partial charge in [0.05, 0.1) is 12.6 Å². The summed E-state index contributed by atoms with van der Waals surface area (Å²) >= 11 is 0. The fraction of sp³-hybridized carbons (Fsp3) is 0.600. The molecule has 1 aliphatic heterocycles. The summed E-state index contributed by atoms with van der Waals surface area (Å²) in [4.78, 5) is 2.18. The summed E-state index contributed by atoms with van der Waals surface area (Å²) < 4.78 is 13.7. The fourth-order valence-electron chi connectivity index (χ4n) is 2.88. The van der Waals surface area contributed by atoms with Crippen molar-refractivity contribution in [3.63, 3.8) is 0 Å². The van der Waals surface area contributed by atoms with Crippen molar-refractivity contribution in [2.75, 3.05) is 18.1 Å². The van der Waals surface area contributed by atoms with E-state index >= 15 is 0 Å². The first-order valence-corrected chi connectivity index (χ1v) is 6.88. The Hall–Kier alpha value is -1.13. The van der Waals surface area contributed by atoms with Gasteiger partial charge in [0.1, 0.15) is 5.82 Å².